The van der Waals surface area contributed by atoms with Crippen LogP contribution >= 0.6 is 11.3 Å². The molecule has 2 heterocycles. The second-order valence-electron chi connectivity index (χ2n) is 3.37. The van der Waals surface area contributed by atoms with Crippen molar-refractivity contribution in [3.63, 3.8) is 0 Å². The normalized spacial score (nSPS) is 10.1. The van der Waals surface area contributed by atoms with Gasteiger partial charge in [-0.15, -0.1) is 11.3 Å². The number of hydrogen-bond acceptors (Lipinski definition) is 4. The molecular weight excluding hydrogens is 222 g/mol. The van der Waals surface area contributed by atoms with Crippen LogP contribution in [-0.4, -0.2) is 15.9 Å². The summed E-state index contributed by atoms with van der Waals surface area (Å²) < 4.78 is 0. The molecule has 0 saturated heterocycles. The monoisotopic (exact) mass is 233 g/mol. The van der Waals surface area contributed by atoms with Gasteiger partial charge in [0.2, 0.25) is 5.91 Å². The van der Waals surface area contributed by atoms with Crippen LogP contribution in [0.4, 0.5) is 5.82 Å². The Hall–Kier alpha value is -1.75. The van der Waals surface area contributed by atoms with Gasteiger partial charge in [-0.25, -0.2) is 9.97 Å². The van der Waals surface area contributed by atoms with Crippen LogP contribution in [0.15, 0.2) is 29.1 Å². The van der Waals surface area contributed by atoms with Crippen molar-refractivity contribution in [2.45, 2.75) is 13.3 Å². The second-order valence-corrected chi connectivity index (χ2v) is 4.09. The fourth-order valence-electron chi connectivity index (χ4n) is 1.29. The Balaban J connectivity index is 1.97. The van der Waals surface area contributed by atoms with Crippen molar-refractivity contribution in [2.24, 2.45) is 0 Å². The first-order valence-electron chi connectivity index (χ1n) is 4.84. The van der Waals surface area contributed by atoms with Crippen LogP contribution in [0.5, 0.6) is 0 Å². The van der Waals surface area contributed by atoms with Crippen molar-refractivity contribution in [1.82, 2.24) is 9.97 Å². The topological polar surface area (TPSA) is 54.9 Å². The van der Waals surface area contributed by atoms with Crippen molar-refractivity contribution < 1.29 is 4.79 Å². The lowest BCUT2D eigenvalue weighted by Gasteiger charge is -2.03. The Kier molecular flexibility index (Phi) is 3.26. The van der Waals surface area contributed by atoms with Gasteiger partial charge in [0.15, 0.2) is 0 Å². The molecule has 0 fully saturated rings. The number of carbonyl (C=O) groups is 1. The zero-order valence-corrected chi connectivity index (χ0v) is 9.62. The molecule has 2 aromatic rings. The summed E-state index contributed by atoms with van der Waals surface area (Å²) in [4.78, 5) is 19.8. The van der Waals surface area contributed by atoms with Crippen molar-refractivity contribution in [3.8, 4) is 0 Å². The van der Waals surface area contributed by atoms with Crippen molar-refractivity contribution >= 4 is 23.1 Å². The van der Waals surface area contributed by atoms with Crippen LogP contribution in [-0.2, 0) is 11.2 Å². The van der Waals surface area contributed by atoms with E-state index < -0.39 is 0 Å². The molecule has 1 amide bonds. The quantitative estimate of drug-likeness (QED) is 0.882. The summed E-state index contributed by atoms with van der Waals surface area (Å²) in [6.45, 7) is 1.89. The van der Waals surface area contributed by atoms with Crippen LogP contribution in [0, 0.1) is 6.92 Å². The molecule has 0 unspecified atom stereocenters. The highest BCUT2D eigenvalue weighted by atomic mass is 32.1. The SMILES string of the molecule is Cc1cccc(NC(=O)Cc2cscn2)n1. The average molecular weight is 233 g/mol. The number of rotatable bonds is 3. The first-order valence-corrected chi connectivity index (χ1v) is 5.79. The third-order valence-electron chi connectivity index (χ3n) is 1.98. The third kappa shape index (κ3) is 2.87. The van der Waals surface area contributed by atoms with E-state index in [0.29, 0.717) is 12.2 Å². The Morgan fingerprint density at radius 1 is 1.50 bits per heavy atom. The van der Waals surface area contributed by atoms with Gasteiger partial charge in [0, 0.05) is 11.1 Å². The predicted molar refractivity (Wildman–Crippen MR) is 63.4 cm³/mol. The molecule has 16 heavy (non-hydrogen) atoms. The van der Waals surface area contributed by atoms with E-state index in [9.17, 15) is 4.79 Å². The highest BCUT2D eigenvalue weighted by Crippen LogP contribution is 2.06. The Labute approximate surface area is 97.4 Å². The largest absolute Gasteiger partial charge is 0.310 e. The second kappa shape index (κ2) is 4.85. The number of anilines is 1. The van der Waals surface area contributed by atoms with Gasteiger partial charge in [0.1, 0.15) is 5.82 Å². The van der Waals surface area contributed by atoms with Gasteiger partial charge in [0.05, 0.1) is 17.6 Å². The fourth-order valence-corrected chi connectivity index (χ4v) is 1.85. The molecule has 2 aromatic heterocycles. The molecule has 0 atom stereocenters. The zero-order valence-electron chi connectivity index (χ0n) is 8.80. The van der Waals surface area contributed by atoms with Crippen LogP contribution in [0.25, 0.3) is 0 Å². The third-order valence-corrected chi connectivity index (χ3v) is 2.62. The van der Waals surface area contributed by atoms with E-state index in [2.05, 4.69) is 15.3 Å². The van der Waals surface area contributed by atoms with Crippen LogP contribution in [0.2, 0.25) is 0 Å². The Bertz CT molecular complexity index is 482. The number of pyridine rings is 1. The highest BCUT2D eigenvalue weighted by Gasteiger charge is 2.05. The molecule has 0 aliphatic carbocycles. The maximum absolute atomic E-state index is 11.6. The Morgan fingerprint density at radius 3 is 3.06 bits per heavy atom. The van der Waals surface area contributed by atoms with Crippen LogP contribution in [0.1, 0.15) is 11.4 Å². The lowest BCUT2D eigenvalue weighted by Crippen LogP contribution is -2.15. The molecule has 2 rings (SSSR count). The first kappa shape index (κ1) is 10.8. The lowest BCUT2D eigenvalue weighted by atomic mass is 10.3. The molecule has 4 nitrogen and oxygen atoms in total. The van der Waals surface area contributed by atoms with E-state index in [1.54, 1.807) is 11.6 Å². The molecule has 0 radical (unpaired) electrons. The molecule has 5 heteroatoms. The van der Waals surface area contributed by atoms with E-state index >= 15 is 0 Å². The number of hydrogen-bond donors (Lipinski definition) is 1. The number of nitrogens with zero attached hydrogens (tertiary/aromatic N) is 2. The fraction of sp³-hybridized carbons (Fsp3) is 0.182. The van der Waals surface area contributed by atoms with Gasteiger partial charge >= 0.3 is 0 Å². The van der Waals surface area contributed by atoms with Gasteiger partial charge in [0.25, 0.3) is 0 Å². The molecule has 0 aromatic carbocycles. The highest BCUT2D eigenvalue weighted by molar-refractivity contribution is 7.07. The molecule has 0 aliphatic heterocycles. The minimum Gasteiger partial charge on any atom is -0.310 e. The summed E-state index contributed by atoms with van der Waals surface area (Å²) in [6, 6.07) is 5.52. The molecular formula is C11H11N3OS. The van der Waals surface area contributed by atoms with Gasteiger partial charge in [-0.05, 0) is 19.1 Å². The number of aromatic nitrogens is 2. The summed E-state index contributed by atoms with van der Waals surface area (Å²) in [5, 5.41) is 4.60. The summed E-state index contributed by atoms with van der Waals surface area (Å²) in [5.41, 5.74) is 3.38. The van der Waals surface area contributed by atoms with Gasteiger partial charge < -0.3 is 5.32 Å². The molecule has 0 bridgehead atoms. The van der Waals surface area contributed by atoms with Crippen LogP contribution in [0.3, 0.4) is 0 Å². The predicted octanol–water partition coefficient (Wildman–Crippen LogP) is 2.03. The molecule has 0 aliphatic rings. The van der Waals surface area contributed by atoms with E-state index in [1.807, 2.05) is 24.4 Å². The maximum atomic E-state index is 11.6. The maximum Gasteiger partial charge on any atom is 0.231 e. The van der Waals surface area contributed by atoms with Crippen molar-refractivity contribution in [1.29, 1.82) is 0 Å². The average Bonchev–Trinajstić information content (AvgIpc) is 2.70. The summed E-state index contributed by atoms with van der Waals surface area (Å²) in [5.74, 6) is 0.490. The molecule has 0 saturated carbocycles. The van der Waals surface area contributed by atoms with E-state index in [-0.39, 0.29) is 5.91 Å². The standard InChI is InChI=1S/C11H11N3OS/c1-8-3-2-4-10(13-8)14-11(15)5-9-6-16-7-12-9/h2-4,6-7H,5H2,1H3,(H,13,14,15). The minimum absolute atomic E-state index is 0.0935. The van der Waals surface area contributed by atoms with Crippen molar-refractivity contribution in [2.75, 3.05) is 5.32 Å². The Morgan fingerprint density at radius 2 is 2.38 bits per heavy atom. The molecule has 0 spiro atoms. The number of amides is 1. The number of aryl methyl sites for hydroxylation is 1. The molecule has 1 N–H and O–H groups in total. The van der Waals surface area contributed by atoms with E-state index in [1.165, 1.54) is 11.3 Å². The smallest absolute Gasteiger partial charge is 0.231 e. The van der Waals surface area contributed by atoms with E-state index in [4.69, 9.17) is 0 Å². The zero-order chi connectivity index (χ0) is 11.4. The lowest BCUT2D eigenvalue weighted by molar-refractivity contribution is -0.115. The van der Waals surface area contributed by atoms with E-state index in [0.717, 1.165) is 11.4 Å². The number of thiazole rings is 1. The summed E-state index contributed by atoms with van der Waals surface area (Å²) in [6.07, 6.45) is 0.291. The van der Waals surface area contributed by atoms with Crippen LogP contribution < -0.4 is 5.32 Å². The van der Waals surface area contributed by atoms with Gasteiger partial charge in [-0.2, -0.15) is 0 Å². The summed E-state index contributed by atoms with van der Waals surface area (Å²) >= 11 is 1.48. The van der Waals surface area contributed by atoms with Crippen molar-refractivity contribution in [3.05, 3.63) is 40.5 Å². The minimum atomic E-state index is -0.0935. The van der Waals surface area contributed by atoms with Gasteiger partial charge in [-0.1, -0.05) is 6.07 Å². The first-order chi connectivity index (χ1) is 7.74. The summed E-state index contributed by atoms with van der Waals surface area (Å²) in [7, 11) is 0. The molecule has 82 valence electrons. The number of carbonyl (C=O) groups excluding carboxylic acids is 1. The number of nitrogens with one attached hydrogen (secondary N) is 1. The van der Waals surface area contributed by atoms with Gasteiger partial charge in [-0.3, -0.25) is 4.79 Å².